The molecule has 0 fully saturated rings. The third-order valence-electron chi connectivity index (χ3n) is 4.46. The van der Waals surface area contributed by atoms with Crippen molar-refractivity contribution in [2.75, 3.05) is 11.9 Å². The van der Waals surface area contributed by atoms with Crippen molar-refractivity contribution in [2.24, 2.45) is 0 Å². The largest absolute Gasteiger partial charge is 0.392 e. The summed E-state index contributed by atoms with van der Waals surface area (Å²) in [5, 5.41) is 15.7. The average Bonchev–Trinajstić information content (AvgIpc) is 2.74. The first-order valence-electron chi connectivity index (χ1n) is 9.50. The third-order valence-corrected chi connectivity index (χ3v) is 4.70. The summed E-state index contributed by atoms with van der Waals surface area (Å²) < 4.78 is 14.3. The van der Waals surface area contributed by atoms with Gasteiger partial charge in [0, 0.05) is 41.4 Å². The van der Waals surface area contributed by atoms with Crippen LogP contribution in [0.25, 0.3) is 11.3 Å². The van der Waals surface area contributed by atoms with Crippen LogP contribution in [-0.2, 0) is 6.42 Å². The Bertz CT molecular complexity index is 1060. The van der Waals surface area contributed by atoms with E-state index in [1.807, 2.05) is 6.92 Å². The number of aromatic nitrogens is 2. The lowest BCUT2D eigenvalue weighted by atomic mass is 10.1. The highest BCUT2D eigenvalue weighted by Crippen LogP contribution is 2.30. The number of amides is 1. The van der Waals surface area contributed by atoms with Crippen molar-refractivity contribution in [1.29, 1.82) is 0 Å². The number of carbonyl (C=O) groups is 1. The van der Waals surface area contributed by atoms with Gasteiger partial charge >= 0.3 is 0 Å². The molecular formula is C22H22ClFN4O2. The van der Waals surface area contributed by atoms with Gasteiger partial charge in [0.2, 0.25) is 0 Å². The second kappa shape index (κ2) is 9.65. The lowest BCUT2D eigenvalue weighted by Gasteiger charge is -2.16. The SMILES string of the molecule is CCc1cnc(-c2cc(Cl)ccc2F)cc1Nc1ccncc1C(=O)NCC(C)O. The number of carbonyl (C=O) groups excluding carboxylic acids is 1. The summed E-state index contributed by atoms with van der Waals surface area (Å²) in [6.45, 7) is 3.69. The Morgan fingerprint density at radius 2 is 2.03 bits per heavy atom. The van der Waals surface area contributed by atoms with Crippen LogP contribution in [0.15, 0.2) is 48.9 Å². The minimum Gasteiger partial charge on any atom is -0.392 e. The first-order valence-corrected chi connectivity index (χ1v) is 9.88. The minimum absolute atomic E-state index is 0.126. The second-order valence-corrected chi connectivity index (χ2v) is 7.25. The Morgan fingerprint density at radius 1 is 1.23 bits per heavy atom. The molecule has 0 spiro atoms. The van der Waals surface area contributed by atoms with Gasteiger partial charge < -0.3 is 15.7 Å². The molecule has 0 bridgehead atoms. The molecule has 1 atom stereocenters. The lowest BCUT2D eigenvalue weighted by molar-refractivity contribution is 0.0924. The highest BCUT2D eigenvalue weighted by molar-refractivity contribution is 6.30. The third kappa shape index (κ3) is 5.11. The number of benzene rings is 1. The first-order chi connectivity index (χ1) is 14.4. The summed E-state index contributed by atoms with van der Waals surface area (Å²) in [4.78, 5) is 20.9. The number of nitrogens with zero attached hydrogens (tertiary/aromatic N) is 2. The number of aliphatic hydroxyl groups excluding tert-OH is 1. The molecule has 1 amide bonds. The van der Waals surface area contributed by atoms with Crippen molar-refractivity contribution in [1.82, 2.24) is 15.3 Å². The molecule has 3 rings (SSSR count). The predicted octanol–water partition coefficient (Wildman–Crippen LogP) is 4.35. The van der Waals surface area contributed by atoms with Crippen LogP contribution in [0.3, 0.4) is 0 Å². The Labute approximate surface area is 179 Å². The van der Waals surface area contributed by atoms with Crippen LogP contribution in [-0.4, -0.2) is 33.6 Å². The van der Waals surface area contributed by atoms with Gasteiger partial charge in [0.1, 0.15) is 5.82 Å². The van der Waals surface area contributed by atoms with Crippen LogP contribution in [0.4, 0.5) is 15.8 Å². The van der Waals surface area contributed by atoms with Crippen molar-refractivity contribution >= 4 is 28.9 Å². The number of aliphatic hydroxyl groups is 1. The van der Waals surface area contributed by atoms with Crippen molar-refractivity contribution in [3.05, 3.63) is 70.9 Å². The number of halogens is 2. The van der Waals surface area contributed by atoms with E-state index in [4.69, 9.17) is 11.6 Å². The van der Waals surface area contributed by atoms with Crippen LogP contribution >= 0.6 is 11.6 Å². The molecule has 1 aromatic carbocycles. The number of anilines is 2. The van der Waals surface area contributed by atoms with E-state index in [0.717, 1.165) is 5.56 Å². The summed E-state index contributed by atoms with van der Waals surface area (Å²) >= 11 is 6.02. The fourth-order valence-corrected chi connectivity index (χ4v) is 3.06. The lowest BCUT2D eigenvalue weighted by Crippen LogP contribution is -2.31. The standard InChI is InChI=1S/C22H22ClFN4O2/c1-3-14-11-26-21(16-8-15(23)4-5-18(16)24)9-20(14)28-19-6-7-25-12-17(19)22(30)27-10-13(2)29/h4-9,11-13,29H,3,10H2,1-2H3,(H,27,30)(H,25,26,28). The molecule has 0 saturated carbocycles. The molecule has 0 radical (unpaired) electrons. The van der Waals surface area contributed by atoms with E-state index in [-0.39, 0.29) is 18.0 Å². The molecule has 0 aliphatic heterocycles. The zero-order valence-electron chi connectivity index (χ0n) is 16.6. The van der Waals surface area contributed by atoms with Crippen LogP contribution < -0.4 is 10.6 Å². The van der Waals surface area contributed by atoms with E-state index in [0.29, 0.717) is 34.1 Å². The van der Waals surface area contributed by atoms with Gasteiger partial charge in [-0.05, 0) is 49.2 Å². The Kier molecular flexibility index (Phi) is 6.97. The van der Waals surface area contributed by atoms with Crippen molar-refractivity contribution < 1.29 is 14.3 Å². The summed E-state index contributed by atoms with van der Waals surface area (Å²) in [6, 6.07) is 7.71. The molecule has 3 aromatic rings. The number of nitrogens with one attached hydrogen (secondary N) is 2. The molecule has 6 nitrogen and oxygen atoms in total. The van der Waals surface area contributed by atoms with Crippen LogP contribution in [0.2, 0.25) is 5.02 Å². The molecular weight excluding hydrogens is 407 g/mol. The predicted molar refractivity (Wildman–Crippen MR) is 116 cm³/mol. The summed E-state index contributed by atoms with van der Waals surface area (Å²) in [5.74, 6) is -0.788. The van der Waals surface area contributed by atoms with Crippen LogP contribution in [0.5, 0.6) is 0 Å². The fourth-order valence-electron chi connectivity index (χ4n) is 2.89. The Balaban J connectivity index is 1.97. The minimum atomic E-state index is -0.663. The van der Waals surface area contributed by atoms with E-state index < -0.39 is 11.9 Å². The quantitative estimate of drug-likeness (QED) is 0.520. The molecule has 0 aliphatic rings. The zero-order chi connectivity index (χ0) is 21.7. The van der Waals surface area contributed by atoms with Gasteiger partial charge in [-0.3, -0.25) is 14.8 Å². The van der Waals surface area contributed by atoms with Crippen LogP contribution in [0.1, 0.15) is 29.8 Å². The zero-order valence-corrected chi connectivity index (χ0v) is 17.4. The van der Waals surface area contributed by atoms with E-state index in [9.17, 15) is 14.3 Å². The van der Waals surface area contributed by atoms with Crippen molar-refractivity contribution in [3.63, 3.8) is 0 Å². The topological polar surface area (TPSA) is 87.1 Å². The van der Waals surface area contributed by atoms with E-state index in [2.05, 4.69) is 20.6 Å². The maximum atomic E-state index is 14.3. The van der Waals surface area contributed by atoms with Gasteiger partial charge in [-0.15, -0.1) is 0 Å². The van der Waals surface area contributed by atoms with E-state index in [1.54, 1.807) is 31.5 Å². The van der Waals surface area contributed by atoms with Gasteiger partial charge in [0.25, 0.3) is 5.91 Å². The van der Waals surface area contributed by atoms with E-state index in [1.165, 1.54) is 24.4 Å². The summed E-state index contributed by atoms with van der Waals surface area (Å²) in [5.41, 5.74) is 3.16. The second-order valence-electron chi connectivity index (χ2n) is 6.81. The number of hydrogen-bond donors (Lipinski definition) is 3. The smallest absolute Gasteiger partial charge is 0.255 e. The molecule has 0 aliphatic carbocycles. The van der Waals surface area contributed by atoms with Gasteiger partial charge in [-0.25, -0.2) is 4.39 Å². The highest BCUT2D eigenvalue weighted by Gasteiger charge is 2.15. The molecule has 1 unspecified atom stereocenters. The monoisotopic (exact) mass is 428 g/mol. The normalized spacial score (nSPS) is 11.8. The summed E-state index contributed by atoms with van der Waals surface area (Å²) in [7, 11) is 0. The molecule has 30 heavy (non-hydrogen) atoms. The fraction of sp³-hybridized carbons (Fsp3) is 0.227. The maximum absolute atomic E-state index is 14.3. The number of rotatable bonds is 7. The maximum Gasteiger partial charge on any atom is 0.255 e. The molecule has 8 heteroatoms. The molecule has 156 valence electrons. The van der Waals surface area contributed by atoms with Crippen molar-refractivity contribution in [2.45, 2.75) is 26.4 Å². The Hall–Kier alpha value is -3.03. The van der Waals surface area contributed by atoms with Gasteiger partial charge in [-0.1, -0.05) is 18.5 Å². The van der Waals surface area contributed by atoms with Crippen molar-refractivity contribution in [3.8, 4) is 11.3 Å². The first kappa shape index (κ1) is 21.7. The van der Waals surface area contributed by atoms with Crippen LogP contribution in [0, 0.1) is 5.82 Å². The average molecular weight is 429 g/mol. The van der Waals surface area contributed by atoms with E-state index >= 15 is 0 Å². The highest BCUT2D eigenvalue weighted by atomic mass is 35.5. The van der Waals surface area contributed by atoms with Gasteiger partial charge in [0.15, 0.2) is 0 Å². The molecule has 0 saturated heterocycles. The summed E-state index contributed by atoms with van der Waals surface area (Å²) in [6.07, 6.45) is 4.71. The number of hydrogen-bond acceptors (Lipinski definition) is 5. The number of aryl methyl sites for hydroxylation is 1. The molecule has 2 aromatic heterocycles. The Morgan fingerprint density at radius 3 is 2.77 bits per heavy atom. The van der Waals surface area contributed by atoms with Gasteiger partial charge in [0.05, 0.1) is 23.0 Å². The van der Waals surface area contributed by atoms with Gasteiger partial charge in [-0.2, -0.15) is 0 Å². The molecule has 2 heterocycles. The number of pyridine rings is 2. The molecule has 3 N–H and O–H groups in total.